The lowest BCUT2D eigenvalue weighted by Crippen LogP contribution is -2.39. The number of likely N-dealkylation sites (N-methyl/N-ethyl adjacent to an activating group) is 1. The summed E-state index contributed by atoms with van der Waals surface area (Å²) in [7, 11) is 1.27. The van der Waals surface area contributed by atoms with Crippen LogP contribution in [0.4, 0.5) is 0 Å². The van der Waals surface area contributed by atoms with Crippen LogP contribution >= 0.6 is 0 Å². The molecule has 0 aliphatic carbocycles. The Kier molecular flexibility index (Phi) is 12.9. The van der Waals surface area contributed by atoms with Crippen LogP contribution in [0.1, 0.15) is 27.7 Å². The normalized spacial score (nSPS) is 10.4. The number of nitrogens with zero attached hydrogens (tertiary/aromatic N) is 2. The van der Waals surface area contributed by atoms with Crippen LogP contribution in [0, 0.1) is 5.92 Å². The lowest BCUT2D eigenvalue weighted by Gasteiger charge is -2.16. The van der Waals surface area contributed by atoms with Crippen molar-refractivity contribution in [1.82, 2.24) is 15.4 Å². The van der Waals surface area contributed by atoms with E-state index in [0.29, 0.717) is 22.7 Å². The van der Waals surface area contributed by atoms with Gasteiger partial charge in [-0.1, -0.05) is 27.7 Å². The van der Waals surface area contributed by atoms with Crippen LogP contribution in [0.3, 0.4) is 0 Å². The summed E-state index contributed by atoms with van der Waals surface area (Å²) in [5.41, 5.74) is 0. The smallest absolute Gasteiger partial charge is 0.262 e. The Labute approximate surface area is 125 Å². The monoisotopic (exact) mass is 305 g/mol. The lowest BCUT2D eigenvalue weighted by atomic mass is 10.1. The number of Topliss-reactive ketones (excluding diaryl/α,β-unsaturated/α-hetero) is 1. The molecule has 0 fully saturated rings. The Morgan fingerprint density at radius 1 is 1.14 bits per heavy atom. The van der Waals surface area contributed by atoms with Crippen molar-refractivity contribution in [2.45, 2.75) is 33.7 Å². The first-order valence-electron chi connectivity index (χ1n) is 6.70. The molecule has 0 saturated heterocycles. The molecule has 0 aliphatic rings. The van der Waals surface area contributed by atoms with Gasteiger partial charge in [0.25, 0.3) is 5.91 Å². The first kappa shape index (κ1) is 21.9. The first-order valence-corrected chi connectivity index (χ1v) is 6.70. The van der Waals surface area contributed by atoms with Crippen molar-refractivity contribution in [3.8, 4) is 0 Å². The summed E-state index contributed by atoms with van der Waals surface area (Å²) >= 11 is 0. The minimum absolute atomic E-state index is 0.232. The first-order chi connectivity index (χ1) is 9.61. The number of carbonyl (C=O) groups is 3. The average molecular weight is 305 g/mol. The summed E-state index contributed by atoms with van der Waals surface area (Å²) < 4.78 is 0. The second kappa shape index (κ2) is 12.4. The zero-order valence-corrected chi connectivity index (χ0v) is 13.4. The van der Waals surface area contributed by atoms with Crippen LogP contribution in [0.15, 0.2) is 0 Å². The van der Waals surface area contributed by atoms with E-state index in [0.717, 1.165) is 6.29 Å². The molecule has 0 aromatic heterocycles. The third kappa shape index (κ3) is 14.9. The lowest BCUT2D eigenvalue weighted by molar-refractivity contribution is -0.177. The second-order valence-corrected chi connectivity index (χ2v) is 5.12. The maximum atomic E-state index is 11.1. The fourth-order valence-corrected chi connectivity index (χ4v) is 0.980. The van der Waals surface area contributed by atoms with Gasteiger partial charge in [-0.2, -0.15) is 5.06 Å². The minimum Gasteiger partial charge on any atom is -0.314 e. The molecule has 0 heterocycles. The number of aldehydes is 1. The summed E-state index contributed by atoms with van der Waals surface area (Å²) in [6, 6.07) is 0.421. The van der Waals surface area contributed by atoms with E-state index in [-0.39, 0.29) is 24.8 Å². The van der Waals surface area contributed by atoms with Crippen LogP contribution in [-0.2, 0) is 14.4 Å². The molecule has 0 aliphatic heterocycles. The van der Waals surface area contributed by atoms with Crippen molar-refractivity contribution < 1.29 is 24.8 Å². The molecule has 0 bridgehead atoms. The third-order valence-electron chi connectivity index (χ3n) is 2.21. The molecular weight excluding hydrogens is 278 g/mol. The van der Waals surface area contributed by atoms with E-state index in [4.69, 9.17) is 10.4 Å². The Balaban J connectivity index is 0. The standard InChI is InChI=1S/C8H16N2O4.C5H11NO/c1-6(2)7(11)4-10(14)8(12)5-9(3)13;1-5(2)6-3-4-7/h6,13-14H,4-5H2,1-3H3;4-6H,3H2,1-2H3. The number of nitrogens with one attached hydrogen (secondary N) is 1. The molecule has 0 aromatic rings. The zero-order chi connectivity index (χ0) is 17.0. The van der Waals surface area contributed by atoms with Gasteiger partial charge in [0.1, 0.15) is 19.4 Å². The molecule has 0 radical (unpaired) electrons. The van der Waals surface area contributed by atoms with Crippen LogP contribution in [0.5, 0.6) is 0 Å². The van der Waals surface area contributed by atoms with E-state index in [9.17, 15) is 14.4 Å². The fraction of sp³-hybridized carbons (Fsp3) is 0.769. The van der Waals surface area contributed by atoms with Crippen molar-refractivity contribution in [2.24, 2.45) is 5.92 Å². The molecule has 0 saturated carbocycles. The molecule has 0 spiro atoms. The molecule has 8 heteroatoms. The number of ketones is 1. The molecule has 8 nitrogen and oxygen atoms in total. The summed E-state index contributed by atoms with van der Waals surface area (Å²) in [5, 5.41) is 21.7. The van der Waals surface area contributed by atoms with Crippen molar-refractivity contribution in [3.05, 3.63) is 0 Å². The van der Waals surface area contributed by atoms with Crippen LogP contribution in [0.25, 0.3) is 0 Å². The Bertz CT molecular complexity index is 319. The van der Waals surface area contributed by atoms with Crippen LogP contribution < -0.4 is 5.32 Å². The highest BCUT2D eigenvalue weighted by Crippen LogP contribution is 1.96. The summed E-state index contributed by atoms with van der Waals surface area (Å²) in [6.07, 6.45) is 0.861. The van der Waals surface area contributed by atoms with Gasteiger partial charge in [-0.15, -0.1) is 0 Å². The SMILES string of the molecule is CC(C)C(=O)CN(O)C(=O)CN(C)O.CC(C)NCC=O. The van der Waals surface area contributed by atoms with Gasteiger partial charge in [0.2, 0.25) is 0 Å². The summed E-state index contributed by atoms with van der Waals surface area (Å²) in [6.45, 7) is 7.15. The highest BCUT2D eigenvalue weighted by molar-refractivity contribution is 5.87. The molecule has 1 amide bonds. The van der Waals surface area contributed by atoms with Crippen LogP contribution in [0.2, 0.25) is 0 Å². The predicted molar refractivity (Wildman–Crippen MR) is 77.0 cm³/mol. The topological polar surface area (TPSA) is 110 Å². The maximum Gasteiger partial charge on any atom is 0.262 e. The quantitative estimate of drug-likeness (QED) is 0.327. The van der Waals surface area contributed by atoms with Crippen LogP contribution in [-0.4, -0.2) is 71.2 Å². The highest BCUT2D eigenvalue weighted by Gasteiger charge is 2.17. The minimum atomic E-state index is -0.719. The van der Waals surface area contributed by atoms with Gasteiger partial charge in [-0.25, -0.2) is 5.06 Å². The molecule has 0 unspecified atom stereocenters. The van der Waals surface area contributed by atoms with Gasteiger partial charge in [0, 0.05) is 19.0 Å². The highest BCUT2D eigenvalue weighted by atomic mass is 16.5. The Morgan fingerprint density at radius 3 is 1.95 bits per heavy atom. The van der Waals surface area contributed by atoms with Gasteiger partial charge in [-0.3, -0.25) is 14.8 Å². The largest absolute Gasteiger partial charge is 0.314 e. The van der Waals surface area contributed by atoms with Crippen molar-refractivity contribution in [3.63, 3.8) is 0 Å². The van der Waals surface area contributed by atoms with Gasteiger partial charge in [-0.05, 0) is 0 Å². The predicted octanol–water partition coefficient (Wildman–Crippen LogP) is -0.0664. The summed E-state index contributed by atoms with van der Waals surface area (Å²) in [4.78, 5) is 31.8. The van der Waals surface area contributed by atoms with E-state index >= 15 is 0 Å². The Morgan fingerprint density at radius 2 is 1.67 bits per heavy atom. The zero-order valence-electron chi connectivity index (χ0n) is 13.4. The fourth-order valence-electron chi connectivity index (χ4n) is 0.980. The van der Waals surface area contributed by atoms with E-state index in [1.165, 1.54) is 7.05 Å². The van der Waals surface area contributed by atoms with Gasteiger partial charge in [0.05, 0.1) is 6.54 Å². The second-order valence-electron chi connectivity index (χ2n) is 5.12. The Hall–Kier alpha value is -1.35. The molecule has 0 atom stereocenters. The van der Waals surface area contributed by atoms with Crippen molar-refractivity contribution in [1.29, 1.82) is 0 Å². The third-order valence-corrected chi connectivity index (χ3v) is 2.21. The van der Waals surface area contributed by atoms with E-state index in [1.807, 2.05) is 13.8 Å². The molecule has 0 aromatic carbocycles. The van der Waals surface area contributed by atoms with Crippen molar-refractivity contribution in [2.75, 3.05) is 26.7 Å². The van der Waals surface area contributed by atoms with E-state index < -0.39 is 5.91 Å². The molecule has 21 heavy (non-hydrogen) atoms. The van der Waals surface area contributed by atoms with E-state index in [2.05, 4.69) is 5.32 Å². The van der Waals surface area contributed by atoms with E-state index in [1.54, 1.807) is 13.8 Å². The maximum absolute atomic E-state index is 11.1. The van der Waals surface area contributed by atoms with Crippen molar-refractivity contribution >= 4 is 18.0 Å². The average Bonchev–Trinajstić information content (AvgIpc) is 2.35. The molecule has 0 rings (SSSR count). The number of amides is 1. The van der Waals surface area contributed by atoms with Gasteiger partial charge in [0.15, 0.2) is 5.78 Å². The number of hydrogen-bond donors (Lipinski definition) is 3. The summed E-state index contributed by atoms with van der Waals surface area (Å²) in [5.74, 6) is -1.19. The molecular formula is C13H27N3O5. The van der Waals surface area contributed by atoms with Gasteiger partial charge >= 0.3 is 0 Å². The van der Waals surface area contributed by atoms with Gasteiger partial charge < -0.3 is 15.3 Å². The number of rotatable bonds is 8. The number of carbonyl (C=O) groups excluding carboxylic acids is 3. The number of hydroxylamine groups is 4. The molecule has 3 N–H and O–H groups in total. The number of hydrogen-bond acceptors (Lipinski definition) is 7. The molecule has 124 valence electrons.